The van der Waals surface area contributed by atoms with Crippen LogP contribution in [0.2, 0.25) is 0 Å². The quantitative estimate of drug-likeness (QED) is 0.655. The molecule has 0 radical (unpaired) electrons. The normalized spacial score (nSPS) is 16.2. The summed E-state index contributed by atoms with van der Waals surface area (Å²) >= 11 is 0. The minimum Gasteiger partial charge on any atom is -0.481 e. The van der Waals surface area contributed by atoms with Gasteiger partial charge in [0.2, 0.25) is 11.8 Å². The molecule has 0 spiro atoms. The lowest BCUT2D eigenvalue weighted by Gasteiger charge is -2.34. The first-order chi connectivity index (χ1) is 9.02. The Balaban J connectivity index is 2.23. The summed E-state index contributed by atoms with van der Waals surface area (Å²) in [6, 6.07) is 0. The van der Waals surface area contributed by atoms with Gasteiger partial charge in [-0.2, -0.15) is 0 Å². The van der Waals surface area contributed by atoms with Crippen LogP contribution in [-0.2, 0) is 14.4 Å². The van der Waals surface area contributed by atoms with E-state index < -0.39 is 5.97 Å². The van der Waals surface area contributed by atoms with E-state index in [1.54, 1.807) is 11.9 Å². The fraction of sp³-hybridized carbons (Fsp3) is 0.750. The third-order valence-corrected chi connectivity index (χ3v) is 3.15. The van der Waals surface area contributed by atoms with E-state index in [1.807, 2.05) is 4.90 Å². The maximum absolute atomic E-state index is 11.8. The monoisotopic (exact) mass is 271 g/mol. The molecule has 1 saturated heterocycles. The smallest absolute Gasteiger partial charge is 0.303 e. The molecule has 0 unspecified atom stereocenters. The third-order valence-electron chi connectivity index (χ3n) is 3.15. The topological polar surface area (TPSA) is 90.0 Å². The largest absolute Gasteiger partial charge is 0.481 e. The van der Waals surface area contributed by atoms with Crippen molar-refractivity contribution in [3.05, 3.63) is 0 Å². The predicted molar refractivity (Wildman–Crippen MR) is 68.6 cm³/mol. The second kappa shape index (κ2) is 7.73. The lowest BCUT2D eigenvalue weighted by Crippen LogP contribution is -2.50. The van der Waals surface area contributed by atoms with Crippen LogP contribution >= 0.6 is 0 Å². The van der Waals surface area contributed by atoms with Crippen LogP contribution in [0.15, 0.2) is 0 Å². The zero-order valence-electron chi connectivity index (χ0n) is 11.2. The number of nitrogens with zero attached hydrogens (tertiary/aromatic N) is 2. The summed E-state index contributed by atoms with van der Waals surface area (Å²) < 4.78 is 0. The number of carbonyl (C=O) groups excluding carboxylic acids is 2. The molecule has 2 amide bonds. The van der Waals surface area contributed by atoms with Crippen molar-refractivity contribution in [2.75, 3.05) is 39.8 Å². The highest BCUT2D eigenvalue weighted by molar-refractivity contribution is 5.78. The molecule has 0 aliphatic carbocycles. The number of carbonyl (C=O) groups is 3. The van der Waals surface area contributed by atoms with Crippen molar-refractivity contribution in [3.63, 3.8) is 0 Å². The summed E-state index contributed by atoms with van der Waals surface area (Å²) in [4.78, 5) is 37.1. The maximum Gasteiger partial charge on any atom is 0.303 e. The van der Waals surface area contributed by atoms with Gasteiger partial charge in [0.05, 0.1) is 6.54 Å². The molecule has 1 rings (SSSR count). The molecule has 1 heterocycles. The molecule has 2 N–H and O–H groups in total. The second-order valence-electron chi connectivity index (χ2n) is 4.58. The van der Waals surface area contributed by atoms with Crippen LogP contribution in [0.5, 0.6) is 0 Å². The van der Waals surface area contributed by atoms with Crippen LogP contribution in [0.4, 0.5) is 0 Å². The summed E-state index contributed by atoms with van der Waals surface area (Å²) in [6.45, 7) is 2.92. The van der Waals surface area contributed by atoms with Crippen molar-refractivity contribution in [3.8, 4) is 0 Å². The number of piperazine rings is 1. The highest BCUT2D eigenvalue weighted by Crippen LogP contribution is 2.06. The van der Waals surface area contributed by atoms with Crippen LogP contribution in [0.1, 0.15) is 19.3 Å². The van der Waals surface area contributed by atoms with Crippen molar-refractivity contribution in [1.82, 2.24) is 15.1 Å². The highest BCUT2D eigenvalue weighted by Gasteiger charge is 2.21. The standard InChI is InChI=1S/C12H21N3O4/c1-13-10(16)9-14-5-7-15(8-6-14)11(17)3-2-4-12(18)19/h2-9H2,1H3,(H,13,16)(H,18,19). The zero-order valence-corrected chi connectivity index (χ0v) is 11.2. The van der Waals surface area contributed by atoms with E-state index in [4.69, 9.17) is 5.11 Å². The third kappa shape index (κ3) is 5.69. The molecule has 1 aliphatic rings. The maximum atomic E-state index is 11.8. The fourth-order valence-electron chi connectivity index (χ4n) is 1.99. The molecule has 1 aliphatic heterocycles. The Kier molecular flexibility index (Phi) is 6.27. The average Bonchev–Trinajstić information content (AvgIpc) is 2.38. The van der Waals surface area contributed by atoms with Crippen molar-refractivity contribution in [1.29, 1.82) is 0 Å². The Morgan fingerprint density at radius 1 is 1.11 bits per heavy atom. The number of hydrogen-bond donors (Lipinski definition) is 2. The molecule has 0 aromatic carbocycles. The Morgan fingerprint density at radius 2 is 1.74 bits per heavy atom. The van der Waals surface area contributed by atoms with Gasteiger partial charge in [0.15, 0.2) is 0 Å². The summed E-state index contributed by atoms with van der Waals surface area (Å²) in [5, 5.41) is 11.1. The van der Waals surface area contributed by atoms with E-state index in [9.17, 15) is 14.4 Å². The second-order valence-corrected chi connectivity index (χ2v) is 4.58. The van der Waals surface area contributed by atoms with E-state index in [2.05, 4.69) is 5.32 Å². The van der Waals surface area contributed by atoms with Crippen molar-refractivity contribution < 1.29 is 19.5 Å². The highest BCUT2D eigenvalue weighted by atomic mass is 16.4. The number of amides is 2. The Labute approximate surface area is 112 Å². The van der Waals surface area contributed by atoms with Crippen LogP contribution in [-0.4, -0.2) is 72.5 Å². The summed E-state index contributed by atoms with van der Waals surface area (Å²) in [5.74, 6) is -0.898. The van der Waals surface area contributed by atoms with Gasteiger partial charge in [0.25, 0.3) is 0 Å². The van der Waals surface area contributed by atoms with Crippen LogP contribution in [0.25, 0.3) is 0 Å². The van der Waals surface area contributed by atoms with Crippen LogP contribution in [0, 0.1) is 0 Å². The molecule has 7 nitrogen and oxygen atoms in total. The lowest BCUT2D eigenvalue weighted by atomic mass is 10.2. The first kappa shape index (κ1) is 15.4. The molecule has 0 atom stereocenters. The molecule has 7 heteroatoms. The van der Waals surface area contributed by atoms with Gasteiger partial charge in [0, 0.05) is 46.1 Å². The molecule has 0 bridgehead atoms. The fourth-order valence-corrected chi connectivity index (χ4v) is 1.99. The minimum absolute atomic E-state index is 0.000781. The lowest BCUT2D eigenvalue weighted by molar-refractivity contribution is -0.137. The Bertz CT molecular complexity index is 338. The van der Waals surface area contributed by atoms with E-state index in [-0.39, 0.29) is 24.7 Å². The molecule has 1 fully saturated rings. The first-order valence-electron chi connectivity index (χ1n) is 6.45. The molecule has 19 heavy (non-hydrogen) atoms. The predicted octanol–water partition coefficient (Wildman–Crippen LogP) is -0.868. The molecule has 0 saturated carbocycles. The molecular formula is C12H21N3O4. The van der Waals surface area contributed by atoms with Gasteiger partial charge in [-0.1, -0.05) is 0 Å². The summed E-state index contributed by atoms with van der Waals surface area (Å²) in [6.07, 6.45) is 0.691. The van der Waals surface area contributed by atoms with Crippen molar-refractivity contribution >= 4 is 17.8 Å². The van der Waals surface area contributed by atoms with Gasteiger partial charge in [-0.15, -0.1) is 0 Å². The Morgan fingerprint density at radius 3 is 2.26 bits per heavy atom. The van der Waals surface area contributed by atoms with Gasteiger partial charge in [0.1, 0.15) is 0 Å². The van der Waals surface area contributed by atoms with Gasteiger partial charge < -0.3 is 15.3 Å². The number of carboxylic acid groups (broad SMARTS) is 1. The van der Waals surface area contributed by atoms with E-state index in [0.29, 0.717) is 39.1 Å². The molecule has 108 valence electrons. The Hall–Kier alpha value is -1.63. The van der Waals surface area contributed by atoms with Crippen LogP contribution < -0.4 is 5.32 Å². The van der Waals surface area contributed by atoms with Gasteiger partial charge in [-0.05, 0) is 6.42 Å². The molecule has 0 aromatic rings. The first-order valence-corrected chi connectivity index (χ1v) is 6.45. The number of hydrogen-bond acceptors (Lipinski definition) is 4. The number of likely N-dealkylation sites (N-methyl/N-ethyl adjacent to an activating group) is 1. The summed E-state index contributed by atoms with van der Waals surface area (Å²) in [5.41, 5.74) is 0. The summed E-state index contributed by atoms with van der Waals surface area (Å²) in [7, 11) is 1.60. The van der Waals surface area contributed by atoms with Crippen molar-refractivity contribution in [2.24, 2.45) is 0 Å². The van der Waals surface area contributed by atoms with Crippen LogP contribution in [0.3, 0.4) is 0 Å². The minimum atomic E-state index is -0.872. The number of rotatable bonds is 6. The number of aliphatic carboxylic acids is 1. The molecule has 0 aromatic heterocycles. The van der Waals surface area contributed by atoms with E-state index in [1.165, 1.54) is 0 Å². The number of nitrogens with one attached hydrogen (secondary N) is 1. The van der Waals surface area contributed by atoms with Crippen molar-refractivity contribution in [2.45, 2.75) is 19.3 Å². The van der Waals surface area contributed by atoms with E-state index in [0.717, 1.165) is 0 Å². The SMILES string of the molecule is CNC(=O)CN1CCN(C(=O)CCCC(=O)O)CC1. The van der Waals surface area contributed by atoms with Gasteiger partial charge in [-0.25, -0.2) is 0 Å². The van der Waals surface area contributed by atoms with Gasteiger partial charge >= 0.3 is 5.97 Å². The number of carboxylic acids is 1. The van der Waals surface area contributed by atoms with E-state index >= 15 is 0 Å². The zero-order chi connectivity index (χ0) is 14.3. The molecular weight excluding hydrogens is 250 g/mol. The average molecular weight is 271 g/mol. The van der Waals surface area contributed by atoms with Gasteiger partial charge in [-0.3, -0.25) is 19.3 Å².